The highest BCUT2D eigenvalue weighted by Crippen LogP contribution is 2.51. The summed E-state index contributed by atoms with van der Waals surface area (Å²) in [6.45, 7) is 2.22. The van der Waals surface area contributed by atoms with Crippen LogP contribution < -0.4 is 5.32 Å². The molecule has 1 aromatic rings. The fourth-order valence-electron chi connectivity index (χ4n) is 4.21. The number of rotatable bonds is 6. The first-order chi connectivity index (χ1) is 9.31. The molecular formula is C15H25N3S. The van der Waals surface area contributed by atoms with E-state index in [1.54, 1.807) is 11.5 Å². The molecule has 4 unspecified atom stereocenters. The van der Waals surface area contributed by atoms with Gasteiger partial charge in [-0.15, -0.1) is 5.10 Å². The molecule has 0 aliphatic heterocycles. The molecule has 1 heterocycles. The lowest BCUT2D eigenvalue weighted by Crippen LogP contribution is -2.22. The molecule has 106 valence electrons. The molecule has 2 bridgehead atoms. The summed E-state index contributed by atoms with van der Waals surface area (Å²) in [5.74, 6) is 2.99. The zero-order valence-electron chi connectivity index (χ0n) is 12.1. The molecule has 2 aliphatic carbocycles. The van der Waals surface area contributed by atoms with Gasteiger partial charge in [-0.05, 0) is 68.4 Å². The van der Waals surface area contributed by atoms with E-state index in [0.29, 0.717) is 6.04 Å². The molecule has 3 nitrogen and oxygen atoms in total. The standard InChI is InChI=1S/C15H25N3S/c1-3-4-13-15(19-18-17-13)14(16-2)9-12-8-10-5-6-11(12)7-10/h10-12,14,16H,3-9H2,1-2H3. The van der Waals surface area contributed by atoms with E-state index in [1.165, 1.54) is 42.7 Å². The van der Waals surface area contributed by atoms with Gasteiger partial charge in [0.05, 0.1) is 10.6 Å². The van der Waals surface area contributed by atoms with Crippen LogP contribution in [0.25, 0.3) is 0 Å². The van der Waals surface area contributed by atoms with E-state index in [1.807, 2.05) is 0 Å². The summed E-state index contributed by atoms with van der Waals surface area (Å²) in [4.78, 5) is 1.40. The maximum atomic E-state index is 4.33. The second kappa shape index (κ2) is 5.88. The second-order valence-corrected chi connectivity index (χ2v) is 7.13. The molecule has 0 aromatic carbocycles. The molecular weight excluding hydrogens is 254 g/mol. The minimum absolute atomic E-state index is 0.478. The summed E-state index contributed by atoms with van der Waals surface area (Å²) in [6, 6.07) is 0.478. The Labute approximate surface area is 120 Å². The van der Waals surface area contributed by atoms with Crippen LogP contribution in [0.3, 0.4) is 0 Å². The Balaban J connectivity index is 1.68. The number of hydrogen-bond donors (Lipinski definition) is 1. The highest BCUT2D eigenvalue weighted by Gasteiger charge is 2.40. The van der Waals surface area contributed by atoms with Crippen molar-refractivity contribution >= 4 is 11.5 Å². The fourth-order valence-corrected chi connectivity index (χ4v) is 5.03. The van der Waals surface area contributed by atoms with E-state index in [4.69, 9.17) is 0 Å². The normalized spacial score (nSPS) is 30.9. The predicted molar refractivity (Wildman–Crippen MR) is 79.3 cm³/mol. The van der Waals surface area contributed by atoms with Crippen LogP contribution in [0.4, 0.5) is 0 Å². The lowest BCUT2D eigenvalue weighted by atomic mass is 9.83. The van der Waals surface area contributed by atoms with Crippen molar-refractivity contribution in [2.45, 2.75) is 57.9 Å². The third-order valence-corrected chi connectivity index (χ3v) is 6.04. The molecule has 19 heavy (non-hydrogen) atoms. The zero-order chi connectivity index (χ0) is 13.2. The molecule has 0 radical (unpaired) electrons. The molecule has 2 aliphatic rings. The Morgan fingerprint density at radius 2 is 2.26 bits per heavy atom. The maximum Gasteiger partial charge on any atom is 0.0803 e. The second-order valence-electron chi connectivity index (χ2n) is 6.35. The van der Waals surface area contributed by atoms with E-state index in [2.05, 4.69) is 28.9 Å². The molecule has 0 amide bonds. The SMILES string of the molecule is CCCc1nnsc1C(CC1CC2CCC1C2)NC. The van der Waals surface area contributed by atoms with Gasteiger partial charge in [0.1, 0.15) is 0 Å². The average Bonchev–Trinajstić information content (AvgIpc) is 3.12. The van der Waals surface area contributed by atoms with Crippen molar-refractivity contribution in [2.75, 3.05) is 7.05 Å². The summed E-state index contributed by atoms with van der Waals surface area (Å²) in [5.41, 5.74) is 1.23. The van der Waals surface area contributed by atoms with Crippen molar-refractivity contribution in [1.82, 2.24) is 14.9 Å². The first kappa shape index (κ1) is 13.5. The van der Waals surface area contributed by atoms with Crippen LogP contribution in [-0.2, 0) is 6.42 Å². The third-order valence-electron chi connectivity index (χ3n) is 5.16. The summed E-state index contributed by atoms with van der Waals surface area (Å²) in [7, 11) is 2.09. The van der Waals surface area contributed by atoms with Crippen molar-refractivity contribution in [3.63, 3.8) is 0 Å². The van der Waals surface area contributed by atoms with Crippen molar-refractivity contribution in [2.24, 2.45) is 17.8 Å². The van der Waals surface area contributed by atoms with E-state index in [9.17, 15) is 0 Å². The zero-order valence-corrected chi connectivity index (χ0v) is 12.9. The molecule has 0 spiro atoms. The maximum absolute atomic E-state index is 4.33. The molecule has 1 aromatic heterocycles. The van der Waals surface area contributed by atoms with Crippen molar-refractivity contribution < 1.29 is 0 Å². The van der Waals surface area contributed by atoms with E-state index in [0.717, 1.165) is 30.6 Å². The summed E-state index contributed by atoms with van der Waals surface area (Å²) < 4.78 is 4.18. The van der Waals surface area contributed by atoms with Crippen LogP contribution in [0, 0.1) is 17.8 Å². The Kier molecular flexibility index (Phi) is 4.18. The highest BCUT2D eigenvalue weighted by atomic mass is 32.1. The van der Waals surface area contributed by atoms with Gasteiger partial charge < -0.3 is 5.32 Å². The lowest BCUT2D eigenvalue weighted by Gasteiger charge is -2.26. The number of nitrogens with zero attached hydrogens (tertiary/aromatic N) is 2. The molecule has 2 saturated carbocycles. The Bertz CT molecular complexity index is 417. The topological polar surface area (TPSA) is 37.8 Å². The summed E-state index contributed by atoms with van der Waals surface area (Å²) >= 11 is 1.60. The van der Waals surface area contributed by atoms with Gasteiger partial charge in [-0.1, -0.05) is 24.3 Å². The quantitative estimate of drug-likeness (QED) is 0.865. The van der Waals surface area contributed by atoms with Gasteiger partial charge in [-0.25, -0.2) is 0 Å². The molecule has 1 N–H and O–H groups in total. The van der Waals surface area contributed by atoms with Crippen LogP contribution in [-0.4, -0.2) is 16.6 Å². The number of fused-ring (bicyclic) bond motifs is 2. The van der Waals surface area contributed by atoms with E-state index >= 15 is 0 Å². The number of hydrogen-bond acceptors (Lipinski definition) is 4. The van der Waals surface area contributed by atoms with Gasteiger partial charge in [-0.2, -0.15) is 0 Å². The van der Waals surface area contributed by atoms with Crippen LogP contribution in [0.15, 0.2) is 0 Å². The Morgan fingerprint density at radius 3 is 2.89 bits per heavy atom. The number of nitrogens with one attached hydrogen (secondary N) is 1. The molecule has 2 fully saturated rings. The first-order valence-corrected chi connectivity index (χ1v) is 8.57. The predicted octanol–water partition coefficient (Wildman–Crippen LogP) is 3.58. The van der Waals surface area contributed by atoms with Gasteiger partial charge in [0, 0.05) is 6.04 Å². The number of aromatic nitrogens is 2. The Hall–Kier alpha value is -0.480. The van der Waals surface area contributed by atoms with E-state index in [-0.39, 0.29) is 0 Å². The monoisotopic (exact) mass is 279 g/mol. The van der Waals surface area contributed by atoms with E-state index < -0.39 is 0 Å². The molecule has 4 heteroatoms. The van der Waals surface area contributed by atoms with Gasteiger partial charge in [0.25, 0.3) is 0 Å². The van der Waals surface area contributed by atoms with Gasteiger partial charge in [0.2, 0.25) is 0 Å². The minimum Gasteiger partial charge on any atom is -0.312 e. The van der Waals surface area contributed by atoms with Gasteiger partial charge in [-0.3, -0.25) is 0 Å². The third kappa shape index (κ3) is 2.70. The Morgan fingerprint density at radius 1 is 1.37 bits per heavy atom. The number of aryl methyl sites for hydroxylation is 1. The van der Waals surface area contributed by atoms with Crippen LogP contribution in [0.2, 0.25) is 0 Å². The molecule has 0 saturated heterocycles. The smallest absolute Gasteiger partial charge is 0.0803 e. The lowest BCUT2D eigenvalue weighted by molar-refractivity contribution is 0.285. The largest absolute Gasteiger partial charge is 0.312 e. The summed E-state index contributed by atoms with van der Waals surface area (Å²) in [6.07, 6.45) is 9.47. The van der Waals surface area contributed by atoms with Crippen LogP contribution in [0.5, 0.6) is 0 Å². The molecule has 4 atom stereocenters. The highest BCUT2D eigenvalue weighted by molar-refractivity contribution is 7.05. The van der Waals surface area contributed by atoms with Crippen LogP contribution >= 0.6 is 11.5 Å². The van der Waals surface area contributed by atoms with Gasteiger partial charge >= 0.3 is 0 Å². The average molecular weight is 279 g/mol. The van der Waals surface area contributed by atoms with Crippen molar-refractivity contribution in [1.29, 1.82) is 0 Å². The minimum atomic E-state index is 0.478. The van der Waals surface area contributed by atoms with Gasteiger partial charge in [0.15, 0.2) is 0 Å². The summed E-state index contributed by atoms with van der Waals surface area (Å²) in [5, 5.41) is 7.85. The van der Waals surface area contributed by atoms with Crippen LogP contribution in [0.1, 0.15) is 62.1 Å². The fraction of sp³-hybridized carbons (Fsp3) is 0.867. The van der Waals surface area contributed by atoms with Crippen molar-refractivity contribution in [3.8, 4) is 0 Å². The molecule has 3 rings (SSSR count). The van der Waals surface area contributed by atoms with Crippen molar-refractivity contribution in [3.05, 3.63) is 10.6 Å². The first-order valence-electron chi connectivity index (χ1n) is 7.80.